The molecule has 3 N–H and O–H groups in total. The number of amidine groups is 1. The molecule has 4 nitrogen and oxygen atoms in total. The summed E-state index contributed by atoms with van der Waals surface area (Å²) in [5.41, 5.74) is 7.13. The van der Waals surface area contributed by atoms with E-state index in [1.165, 1.54) is 0 Å². The highest BCUT2D eigenvalue weighted by molar-refractivity contribution is 7.99. The van der Waals surface area contributed by atoms with Crippen LogP contribution in [0.1, 0.15) is 24.6 Å². The van der Waals surface area contributed by atoms with Gasteiger partial charge in [-0.05, 0) is 19.1 Å². The van der Waals surface area contributed by atoms with Crippen molar-refractivity contribution in [2.75, 3.05) is 5.75 Å². The number of nitrogens with one attached hydrogen (secondary N) is 1. The maximum absolute atomic E-state index is 7.48. The van der Waals surface area contributed by atoms with E-state index >= 15 is 0 Å². The largest absolute Gasteiger partial charge is 0.384 e. The predicted octanol–water partition coefficient (Wildman–Crippen LogP) is 1.51. The molecular formula is C9H16N4S. The highest BCUT2D eigenvalue weighted by Crippen LogP contribution is 2.24. The molecule has 0 atom stereocenters. The number of nitrogens with two attached hydrogens (primary N) is 1. The monoisotopic (exact) mass is 212 g/mol. The van der Waals surface area contributed by atoms with Crippen molar-refractivity contribution in [3.8, 4) is 0 Å². The second-order valence-corrected chi connectivity index (χ2v) is 4.23. The molecule has 1 heterocycles. The van der Waals surface area contributed by atoms with Crippen molar-refractivity contribution in [3.05, 3.63) is 11.3 Å². The Kier molecular flexibility index (Phi) is 3.57. The first-order chi connectivity index (χ1) is 6.57. The number of nitrogen functional groups attached to an aromatic ring is 1. The fourth-order valence-electron chi connectivity index (χ4n) is 1.31. The summed E-state index contributed by atoms with van der Waals surface area (Å²) in [6, 6.07) is 0. The first kappa shape index (κ1) is 11.1. The molecule has 0 spiro atoms. The zero-order valence-corrected chi connectivity index (χ0v) is 9.61. The summed E-state index contributed by atoms with van der Waals surface area (Å²) in [5, 5.41) is 12.7. The molecule has 14 heavy (non-hydrogen) atoms. The summed E-state index contributed by atoms with van der Waals surface area (Å²) in [7, 11) is 1.89. The minimum Gasteiger partial charge on any atom is -0.384 e. The van der Waals surface area contributed by atoms with E-state index in [0.29, 0.717) is 0 Å². The standard InChI is InChI=1S/C9H16N4S/c1-4-5-14-9-7(8(10)11)6(2)12-13(9)3/h4-5H2,1-3H3,(H3,10,11). The van der Waals surface area contributed by atoms with Gasteiger partial charge in [-0.3, -0.25) is 10.1 Å². The van der Waals surface area contributed by atoms with Gasteiger partial charge in [0, 0.05) is 7.05 Å². The summed E-state index contributed by atoms with van der Waals surface area (Å²) in [6.45, 7) is 4.01. The summed E-state index contributed by atoms with van der Waals surface area (Å²) >= 11 is 1.70. The Labute approximate surface area is 88.4 Å². The number of hydrogen-bond acceptors (Lipinski definition) is 3. The maximum Gasteiger partial charge on any atom is 0.127 e. The van der Waals surface area contributed by atoms with Crippen LogP contribution in [0.4, 0.5) is 0 Å². The lowest BCUT2D eigenvalue weighted by atomic mass is 10.2. The minimum atomic E-state index is 0.106. The van der Waals surface area contributed by atoms with Crippen molar-refractivity contribution in [2.24, 2.45) is 12.8 Å². The van der Waals surface area contributed by atoms with Gasteiger partial charge < -0.3 is 5.73 Å². The number of thioether (sulfide) groups is 1. The Balaban J connectivity index is 3.05. The van der Waals surface area contributed by atoms with Crippen LogP contribution in [0.25, 0.3) is 0 Å². The molecule has 0 fully saturated rings. The molecule has 0 saturated heterocycles. The zero-order valence-electron chi connectivity index (χ0n) is 8.79. The Hall–Kier alpha value is -0.970. The van der Waals surface area contributed by atoms with Crippen LogP contribution in [0, 0.1) is 12.3 Å². The average Bonchev–Trinajstić information content (AvgIpc) is 2.37. The Bertz CT molecular complexity index is 343. The predicted molar refractivity (Wildman–Crippen MR) is 60.0 cm³/mol. The molecule has 0 amide bonds. The van der Waals surface area contributed by atoms with E-state index in [9.17, 15) is 0 Å². The van der Waals surface area contributed by atoms with E-state index in [-0.39, 0.29) is 5.84 Å². The van der Waals surface area contributed by atoms with E-state index < -0.39 is 0 Å². The van der Waals surface area contributed by atoms with E-state index in [1.807, 2.05) is 14.0 Å². The van der Waals surface area contributed by atoms with Gasteiger partial charge in [-0.25, -0.2) is 0 Å². The van der Waals surface area contributed by atoms with Gasteiger partial charge in [-0.2, -0.15) is 5.10 Å². The maximum atomic E-state index is 7.48. The molecule has 0 radical (unpaired) electrons. The average molecular weight is 212 g/mol. The van der Waals surface area contributed by atoms with Crippen LogP contribution in [0.3, 0.4) is 0 Å². The first-order valence-electron chi connectivity index (χ1n) is 4.58. The third-order valence-electron chi connectivity index (χ3n) is 1.88. The van der Waals surface area contributed by atoms with E-state index in [2.05, 4.69) is 12.0 Å². The first-order valence-corrected chi connectivity index (χ1v) is 5.57. The molecule has 78 valence electrons. The molecule has 0 aliphatic carbocycles. The second kappa shape index (κ2) is 4.50. The van der Waals surface area contributed by atoms with Gasteiger partial charge in [-0.15, -0.1) is 11.8 Å². The molecule has 5 heteroatoms. The Morgan fingerprint density at radius 3 is 2.79 bits per heavy atom. The lowest BCUT2D eigenvalue weighted by molar-refractivity contribution is 0.691. The zero-order chi connectivity index (χ0) is 10.7. The summed E-state index contributed by atoms with van der Waals surface area (Å²) in [4.78, 5) is 0. The van der Waals surface area contributed by atoms with Crippen molar-refractivity contribution >= 4 is 17.6 Å². The lowest BCUT2D eigenvalue weighted by Gasteiger charge is -2.03. The van der Waals surface area contributed by atoms with E-state index in [4.69, 9.17) is 11.1 Å². The Morgan fingerprint density at radius 2 is 2.29 bits per heavy atom. The van der Waals surface area contributed by atoms with Crippen LogP contribution >= 0.6 is 11.8 Å². The van der Waals surface area contributed by atoms with Gasteiger partial charge in [0.2, 0.25) is 0 Å². The van der Waals surface area contributed by atoms with Gasteiger partial charge in [-0.1, -0.05) is 6.92 Å². The number of aryl methyl sites for hydroxylation is 2. The van der Waals surface area contributed by atoms with Crippen LogP contribution < -0.4 is 5.73 Å². The third kappa shape index (κ3) is 2.09. The topological polar surface area (TPSA) is 67.7 Å². The van der Waals surface area contributed by atoms with Crippen molar-refractivity contribution in [1.82, 2.24) is 9.78 Å². The number of aromatic nitrogens is 2. The van der Waals surface area contributed by atoms with Gasteiger partial charge >= 0.3 is 0 Å². The molecule has 0 saturated carbocycles. The van der Waals surface area contributed by atoms with Crippen LogP contribution in [0.15, 0.2) is 5.03 Å². The molecular weight excluding hydrogens is 196 g/mol. The lowest BCUT2D eigenvalue weighted by Crippen LogP contribution is -2.13. The van der Waals surface area contributed by atoms with Crippen LogP contribution in [0.5, 0.6) is 0 Å². The second-order valence-electron chi connectivity index (χ2n) is 3.15. The van der Waals surface area contributed by atoms with Crippen molar-refractivity contribution < 1.29 is 0 Å². The van der Waals surface area contributed by atoms with E-state index in [1.54, 1.807) is 16.4 Å². The molecule has 0 unspecified atom stereocenters. The highest BCUT2D eigenvalue weighted by Gasteiger charge is 2.15. The minimum absolute atomic E-state index is 0.106. The van der Waals surface area contributed by atoms with Gasteiger partial charge in [0.1, 0.15) is 10.9 Å². The number of nitrogens with zero attached hydrogens (tertiary/aromatic N) is 2. The molecule has 1 aromatic rings. The fourth-order valence-corrected chi connectivity index (χ4v) is 2.34. The Morgan fingerprint density at radius 1 is 1.64 bits per heavy atom. The van der Waals surface area contributed by atoms with E-state index in [0.717, 1.165) is 28.5 Å². The smallest absolute Gasteiger partial charge is 0.127 e. The number of rotatable bonds is 4. The van der Waals surface area contributed by atoms with Gasteiger partial charge in [0.25, 0.3) is 0 Å². The van der Waals surface area contributed by atoms with Crippen LogP contribution in [-0.2, 0) is 7.05 Å². The van der Waals surface area contributed by atoms with Gasteiger partial charge in [0.15, 0.2) is 0 Å². The number of hydrogen-bond donors (Lipinski definition) is 2. The fraction of sp³-hybridized carbons (Fsp3) is 0.556. The third-order valence-corrected chi connectivity index (χ3v) is 3.24. The van der Waals surface area contributed by atoms with Gasteiger partial charge in [0.05, 0.1) is 11.3 Å². The van der Waals surface area contributed by atoms with Crippen molar-refractivity contribution in [1.29, 1.82) is 5.41 Å². The van der Waals surface area contributed by atoms with Crippen LogP contribution in [0.2, 0.25) is 0 Å². The summed E-state index contributed by atoms with van der Waals surface area (Å²) in [5.74, 6) is 1.13. The molecule has 1 rings (SSSR count). The SMILES string of the molecule is CCCSc1c(C(=N)N)c(C)nn1C. The van der Waals surface area contributed by atoms with Crippen molar-refractivity contribution in [3.63, 3.8) is 0 Å². The molecule has 0 aliphatic rings. The summed E-state index contributed by atoms with van der Waals surface area (Å²) in [6.07, 6.45) is 1.10. The molecule has 0 aliphatic heterocycles. The molecule has 0 aromatic carbocycles. The normalized spacial score (nSPS) is 10.5. The summed E-state index contributed by atoms with van der Waals surface area (Å²) < 4.78 is 1.80. The van der Waals surface area contributed by atoms with Crippen molar-refractivity contribution in [2.45, 2.75) is 25.3 Å². The molecule has 1 aromatic heterocycles. The quantitative estimate of drug-likeness (QED) is 0.451. The highest BCUT2D eigenvalue weighted by atomic mass is 32.2. The molecule has 0 bridgehead atoms. The van der Waals surface area contributed by atoms with Crippen LogP contribution in [-0.4, -0.2) is 21.4 Å².